The molecular formula is C20H24FIN4O. The minimum absolute atomic E-state index is 0. The van der Waals surface area contributed by atoms with E-state index in [1.165, 1.54) is 6.07 Å². The Kier molecular flexibility index (Phi) is 10.4. The SMILES string of the molecule is CCNC(=NCc1ccc(C#N)cc1F)NCC(CO)c1ccccc1.I. The van der Waals surface area contributed by atoms with Crippen LogP contribution < -0.4 is 10.6 Å². The number of hydrogen-bond acceptors (Lipinski definition) is 3. The monoisotopic (exact) mass is 482 g/mol. The third-order valence-corrected chi connectivity index (χ3v) is 3.94. The summed E-state index contributed by atoms with van der Waals surface area (Å²) >= 11 is 0. The Morgan fingerprint density at radius 3 is 2.56 bits per heavy atom. The van der Waals surface area contributed by atoms with Crippen molar-refractivity contribution < 1.29 is 9.50 Å². The molecular weight excluding hydrogens is 458 g/mol. The lowest BCUT2D eigenvalue weighted by Gasteiger charge is -2.18. The smallest absolute Gasteiger partial charge is 0.191 e. The molecule has 0 fully saturated rings. The second-order valence-electron chi connectivity index (χ2n) is 5.78. The maximum absolute atomic E-state index is 14.0. The fraction of sp³-hybridized carbons (Fsp3) is 0.300. The maximum atomic E-state index is 14.0. The zero-order chi connectivity index (χ0) is 18.8. The number of nitrogens with zero attached hydrogens (tertiary/aromatic N) is 2. The molecule has 144 valence electrons. The Bertz CT molecular complexity index is 777. The highest BCUT2D eigenvalue weighted by Crippen LogP contribution is 2.14. The van der Waals surface area contributed by atoms with Crippen molar-refractivity contribution in [3.8, 4) is 6.07 Å². The predicted octanol–water partition coefficient (Wildman–Crippen LogP) is 3.15. The van der Waals surface area contributed by atoms with E-state index in [1.54, 1.807) is 12.1 Å². The Balaban J connectivity index is 0.00000364. The molecule has 27 heavy (non-hydrogen) atoms. The normalized spacial score (nSPS) is 11.9. The number of hydrogen-bond donors (Lipinski definition) is 3. The molecule has 1 atom stereocenters. The van der Waals surface area contributed by atoms with Crippen LogP contribution in [0.25, 0.3) is 0 Å². The van der Waals surface area contributed by atoms with Crippen molar-refractivity contribution in [2.75, 3.05) is 19.7 Å². The van der Waals surface area contributed by atoms with Crippen LogP contribution in [0.1, 0.15) is 29.5 Å². The number of guanidine groups is 1. The summed E-state index contributed by atoms with van der Waals surface area (Å²) in [6.45, 7) is 3.28. The summed E-state index contributed by atoms with van der Waals surface area (Å²) in [6.07, 6.45) is 0. The van der Waals surface area contributed by atoms with E-state index in [9.17, 15) is 9.50 Å². The zero-order valence-corrected chi connectivity index (χ0v) is 17.5. The highest BCUT2D eigenvalue weighted by Gasteiger charge is 2.11. The lowest BCUT2D eigenvalue weighted by molar-refractivity contribution is 0.265. The molecule has 5 nitrogen and oxygen atoms in total. The van der Waals surface area contributed by atoms with Crippen LogP contribution >= 0.6 is 24.0 Å². The summed E-state index contributed by atoms with van der Waals surface area (Å²) in [6, 6.07) is 16.0. The van der Waals surface area contributed by atoms with Gasteiger partial charge in [-0.05, 0) is 24.6 Å². The van der Waals surface area contributed by atoms with Gasteiger partial charge in [0.15, 0.2) is 5.96 Å². The average molecular weight is 482 g/mol. The summed E-state index contributed by atoms with van der Waals surface area (Å²) in [5, 5.41) is 24.7. The standard InChI is InChI=1S/C20H23FN4O.HI/c1-2-23-20(24-12-17-9-8-15(11-22)10-19(17)21)25-13-18(14-26)16-6-4-3-5-7-16;/h3-10,18,26H,2,12-14H2,1H3,(H2,23,24,25);1H. The van der Waals surface area contributed by atoms with Gasteiger partial charge in [-0.3, -0.25) is 0 Å². The van der Waals surface area contributed by atoms with Gasteiger partial charge in [0.25, 0.3) is 0 Å². The molecule has 0 amide bonds. The molecule has 0 saturated heterocycles. The van der Waals surface area contributed by atoms with Gasteiger partial charge in [-0.25, -0.2) is 9.38 Å². The van der Waals surface area contributed by atoms with E-state index in [1.807, 2.05) is 43.3 Å². The van der Waals surface area contributed by atoms with Crippen LogP contribution in [0.4, 0.5) is 4.39 Å². The highest BCUT2D eigenvalue weighted by atomic mass is 127. The molecule has 3 N–H and O–H groups in total. The largest absolute Gasteiger partial charge is 0.396 e. The van der Waals surface area contributed by atoms with Gasteiger partial charge in [-0.15, -0.1) is 24.0 Å². The van der Waals surface area contributed by atoms with Crippen LogP contribution in [0.2, 0.25) is 0 Å². The topological polar surface area (TPSA) is 80.4 Å². The molecule has 0 aliphatic carbocycles. The van der Waals surface area contributed by atoms with Gasteiger partial charge in [0.1, 0.15) is 5.82 Å². The van der Waals surface area contributed by atoms with E-state index in [4.69, 9.17) is 5.26 Å². The summed E-state index contributed by atoms with van der Waals surface area (Å²) < 4.78 is 14.0. The van der Waals surface area contributed by atoms with Gasteiger partial charge >= 0.3 is 0 Å². The molecule has 2 aromatic rings. The average Bonchev–Trinajstić information content (AvgIpc) is 2.68. The van der Waals surface area contributed by atoms with Gasteiger partial charge < -0.3 is 15.7 Å². The number of nitriles is 1. The molecule has 2 aromatic carbocycles. The highest BCUT2D eigenvalue weighted by molar-refractivity contribution is 14.0. The van der Waals surface area contributed by atoms with Gasteiger partial charge in [-0.1, -0.05) is 36.4 Å². The third kappa shape index (κ3) is 7.15. The van der Waals surface area contributed by atoms with E-state index in [2.05, 4.69) is 15.6 Å². The molecule has 0 radical (unpaired) electrons. The van der Waals surface area contributed by atoms with E-state index in [-0.39, 0.29) is 48.6 Å². The summed E-state index contributed by atoms with van der Waals surface area (Å²) in [5.41, 5.74) is 1.74. The summed E-state index contributed by atoms with van der Waals surface area (Å²) in [7, 11) is 0. The Morgan fingerprint density at radius 2 is 1.96 bits per heavy atom. The van der Waals surface area contributed by atoms with Crippen LogP contribution in [0.3, 0.4) is 0 Å². The van der Waals surface area contributed by atoms with Crippen molar-refractivity contribution in [2.45, 2.75) is 19.4 Å². The van der Waals surface area contributed by atoms with E-state index < -0.39 is 5.82 Å². The van der Waals surface area contributed by atoms with Crippen molar-refractivity contribution >= 4 is 29.9 Å². The first kappa shape index (κ1) is 22.9. The van der Waals surface area contributed by atoms with E-state index >= 15 is 0 Å². The molecule has 0 heterocycles. The number of aliphatic hydroxyl groups is 1. The second-order valence-corrected chi connectivity index (χ2v) is 5.78. The fourth-order valence-corrected chi connectivity index (χ4v) is 2.48. The number of nitrogens with one attached hydrogen (secondary N) is 2. The summed E-state index contributed by atoms with van der Waals surface area (Å²) in [5.74, 6) is 0.0403. The van der Waals surface area contributed by atoms with Gasteiger partial charge in [0.05, 0.1) is 24.8 Å². The molecule has 2 rings (SSSR count). The first-order chi connectivity index (χ1) is 12.7. The first-order valence-corrected chi connectivity index (χ1v) is 8.54. The Labute approximate surface area is 176 Å². The number of rotatable bonds is 7. The minimum Gasteiger partial charge on any atom is -0.396 e. The van der Waals surface area contributed by atoms with Crippen LogP contribution in [0.5, 0.6) is 0 Å². The van der Waals surface area contributed by atoms with Gasteiger partial charge in [0, 0.05) is 24.6 Å². The molecule has 0 spiro atoms. The molecule has 0 aromatic heterocycles. The van der Waals surface area contributed by atoms with E-state index in [0.29, 0.717) is 24.6 Å². The molecule has 1 unspecified atom stereocenters. The quantitative estimate of drug-likeness (QED) is 0.322. The van der Waals surface area contributed by atoms with Crippen molar-refractivity contribution in [3.05, 3.63) is 71.0 Å². The van der Waals surface area contributed by atoms with Crippen molar-refractivity contribution in [2.24, 2.45) is 4.99 Å². The lowest BCUT2D eigenvalue weighted by atomic mass is 10.0. The van der Waals surface area contributed by atoms with Gasteiger partial charge in [0.2, 0.25) is 0 Å². The molecule has 0 bridgehead atoms. The number of halogens is 2. The molecule has 7 heteroatoms. The second kappa shape index (κ2) is 12.3. The maximum Gasteiger partial charge on any atom is 0.191 e. The first-order valence-electron chi connectivity index (χ1n) is 8.54. The Hall–Kier alpha value is -2.18. The fourth-order valence-electron chi connectivity index (χ4n) is 2.48. The van der Waals surface area contributed by atoms with Crippen LogP contribution in [0.15, 0.2) is 53.5 Å². The van der Waals surface area contributed by atoms with Crippen molar-refractivity contribution in [1.82, 2.24) is 10.6 Å². The molecule has 0 saturated carbocycles. The molecule has 0 aliphatic heterocycles. The summed E-state index contributed by atoms with van der Waals surface area (Å²) in [4.78, 5) is 4.39. The number of aliphatic hydroxyl groups excluding tert-OH is 1. The van der Waals surface area contributed by atoms with E-state index in [0.717, 1.165) is 5.56 Å². The van der Waals surface area contributed by atoms with Crippen molar-refractivity contribution in [3.63, 3.8) is 0 Å². The van der Waals surface area contributed by atoms with Crippen LogP contribution in [0, 0.1) is 17.1 Å². The number of benzene rings is 2. The minimum atomic E-state index is -0.443. The van der Waals surface area contributed by atoms with Crippen LogP contribution in [-0.4, -0.2) is 30.8 Å². The third-order valence-electron chi connectivity index (χ3n) is 3.94. The van der Waals surface area contributed by atoms with Crippen molar-refractivity contribution in [1.29, 1.82) is 5.26 Å². The Morgan fingerprint density at radius 1 is 1.22 bits per heavy atom. The zero-order valence-electron chi connectivity index (χ0n) is 15.2. The van der Waals surface area contributed by atoms with Crippen LogP contribution in [-0.2, 0) is 6.54 Å². The number of aliphatic imine (C=N–C) groups is 1. The van der Waals surface area contributed by atoms with Gasteiger partial charge in [-0.2, -0.15) is 5.26 Å². The lowest BCUT2D eigenvalue weighted by Crippen LogP contribution is -2.40. The molecule has 0 aliphatic rings. The predicted molar refractivity (Wildman–Crippen MR) is 116 cm³/mol.